The average Bonchev–Trinajstić information content (AvgIpc) is 3.27. The second-order valence-electron chi connectivity index (χ2n) is 9.13. The van der Waals surface area contributed by atoms with Gasteiger partial charge in [-0.1, -0.05) is 103 Å². The van der Waals surface area contributed by atoms with Crippen LogP contribution in [0.1, 0.15) is 23.5 Å². The number of aromatic nitrogens is 1. The summed E-state index contributed by atoms with van der Waals surface area (Å²) in [6.45, 7) is 0. The summed E-state index contributed by atoms with van der Waals surface area (Å²) < 4.78 is 2.40. The molecule has 0 fully saturated rings. The molecule has 35 heavy (non-hydrogen) atoms. The second-order valence-corrected chi connectivity index (χ2v) is 9.13. The number of benzene rings is 5. The lowest BCUT2D eigenvalue weighted by atomic mass is 9.93. The van der Waals surface area contributed by atoms with E-state index >= 15 is 0 Å². The van der Waals surface area contributed by atoms with Gasteiger partial charge in [0, 0.05) is 16.5 Å². The molecule has 0 amide bonds. The molecule has 0 saturated heterocycles. The molecule has 6 aromatic rings. The Kier molecular flexibility index (Phi) is 4.68. The highest BCUT2D eigenvalue weighted by atomic mass is 15.3. The van der Waals surface area contributed by atoms with Gasteiger partial charge in [0.25, 0.3) is 0 Å². The van der Waals surface area contributed by atoms with Crippen LogP contribution < -0.4 is 10.6 Å². The first-order chi connectivity index (χ1) is 17.4. The monoisotopic (exact) mass is 451 g/mol. The maximum atomic E-state index is 3.94. The lowest BCUT2D eigenvalue weighted by Gasteiger charge is -2.36. The highest BCUT2D eigenvalue weighted by molar-refractivity contribution is 6.08. The van der Waals surface area contributed by atoms with Gasteiger partial charge in [-0.3, -0.25) is 5.32 Å². The van der Waals surface area contributed by atoms with Gasteiger partial charge in [-0.2, -0.15) is 0 Å². The molecule has 1 aliphatic rings. The maximum Gasteiger partial charge on any atom is 0.160 e. The molecule has 2 unspecified atom stereocenters. The van der Waals surface area contributed by atoms with E-state index in [0.29, 0.717) is 0 Å². The number of hydrogen-bond acceptors (Lipinski definition) is 2. The van der Waals surface area contributed by atoms with Gasteiger partial charge in [0.05, 0.1) is 17.1 Å². The fourth-order valence-electron chi connectivity index (χ4n) is 5.49. The van der Waals surface area contributed by atoms with Gasteiger partial charge in [0.1, 0.15) is 0 Å². The Balaban J connectivity index is 1.39. The van der Waals surface area contributed by atoms with Crippen LogP contribution >= 0.6 is 0 Å². The van der Waals surface area contributed by atoms with Crippen molar-refractivity contribution in [3.05, 3.63) is 139 Å². The van der Waals surface area contributed by atoms with Gasteiger partial charge in [-0.25, -0.2) is 0 Å². The van der Waals surface area contributed by atoms with Gasteiger partial charge in [-0.15, -0.1) is 0 Å². The molecule has 3 nitrogen and oxygen atoms in total. The third-order valence-corrected chi connectivity index (χ3v) is 7.09. The topological polar surface area (TPSA) is 29.0 Å². The van der Waals surface area contributed by atoms with E-state index in [4.69, 9.17) is 0 Å². The molecule has 2 heterocycles. The third-order valence-electron chi connectivity index (χ3n) is 7.09. The molecule has 3 heteroatoms. The predicted octanol–water partition coefficient (Wildman–Crippen LogP) is 7.72. The highest BCUT2D eigenvalue weighted by Gasteiger charge is 2.29. The summed E-state index contributed by atoms with van der Waals surface area (Å²) in [5, 5.41) is 10.3. The van der Waals surface area contributed by atoms with Crippen molar-refractivity contribution in [1.29, 1.82) is 0 Å². The Hall–Kier alpha value is -4.34. The molecule has 1 aliphatic heterocycles. The molecule has 2 N–H and O–H groups in total. The second kappa shape index (κ2) is 8.15. The van der Waals surface area contributed by atoms with E-state index in [-0.39, 0.29) is 12.3 Å². The third kappa shape index (κ3) is 3.32. The molecule has 0 aliphatic carbocycles. The standard InChI is InChI=1S/C32H25N3/c1-2-11-22(12-3-1)23-13-10-14-24(21-23)31-27-17-4-7-18-28(27)33-32(34-31)35-29-19-8-5-15-25(29)26-16-6-9-20-30(26)35/h1-21,31-34H. The molecule has 5 aromatic carbocycles. The van der Waals surface area contributed by atoms with E-state index in [2.05, 4.69) is 143 Å². The summed E-state index contributed by atoms with van der Waals surface area (Å²) in [6, 6.07) is 45.5. The lowest BCUT2D eigenvalue weighted by Crippen LogP contribution is -2.40. The lowest BCUT2D eigenvalue weighted by molar-refractivity contribution is 0.417. The van der Waals surface area contributed by atoms with Crippen molar-refractivity contribution in [3.8, 4) is 11.1 Å². The molecule has 0 spiro atoms. The van der Waals surface area contributed by atoms with Crippen molar-refractivity contribution < 1.29 is 0 Å². The van der Waals surface area contributed by atoms with Gasteiger partial charge >= 0.3 is 0 Å². The molecule has 0 radical (unpaired) electrons. The van der Waals surface area contributed by atoms with E-state index < -0.39 is 0 Å². The fourth-order valence-corrected chi connectivity index (χ4v) is 5.49. The van der Waals surface area contributed by atoms with Crippen molar-refractivity contribution in [2.45, 2.75) is 12.3 Å². The predicted molar refractivity (Wildman–Crippen MR) is 145 cm³/mol. The minimum atomic E-state index is -0.0971. The van der Waals surface area contributed by atoms with Gasteiger partial charge in [0.2, 0.25) is 0 Å². The fraction of sp³-hybridized carbons (Fsp3) is 0.0625. The number of rotatable bonds is 3. The Labute approximate surface area is 204 Å². The van der Waals surface area contributed by atoms with Crippen LogP contribution in [0.15, 0.2) is 127 Å². The summed E-state index contributed by atoms with van der Waals surface area (Å²) in [5.41, 5.74) is 8.57. The SMILES string of the molecule is c1ccc(-c2cccc(C3NC(n4c5ccccc5c5ccccc54)Nc4ccccc43)c2)cc1. The average molecular weight is 452 g/mol. The van der Waals surface area contributed by atoms with Gasteiger partial charge in [0.15, 0.2) is 6.29 Å². The van der Waals surface area contributed by atoms with Gasteiger partial charge in [-0.05, 0) is 46.5 Å². The molecule has 2 atom stereocenters. The number of anilines is 1. The minimum Gasteiger partial charge on any atom is -0.352 e. The Morgan fingerprint density at radius 1 is 0.543 bits per heavy atom. The van der Waals surface area contributed by atoms with Crippen LogP contribution in [-0.4, -0.2) is 4.57 Å². The first kappa shape index (κ1) is 20.1. The Morgan fingerprint density at radius 2 is 1.17 bits per heavy atom. The summed E-state index contributed by atoms with van der Waals surface area (Å²) in [6.07, 6.45) is -0.0971. The van der Waals surface area contributed by atoms with Crippen molar-refractivity contribution >= 4 is 27.5 Å². The molecular formula is C32H25N3. The number of para-hydroxylation sites is 3. The Bertz CT molecular complexity index is 1610. The molecule has 168 valence electrons. The summed E-state index contributed by atoms with van der Waals surface area (Å²) >= 11 is 0. The zero-order valence-corrected chi connectivity index (χ0v) is 19.2. The van der Waals surface area contributed by atoms with Crippen LogP contribution in [0.4, 0.5) is 5.69 Å². The van der Waals surface area contributed by atoms with Crippen molar-refractivity contribution in [3.63, 3.8) is 0 Å². The molecule has 0 bridgehead atoms. The van der Waals surface area contributed by atoms with E-state index in [1.807, 2.05) is 0 Å². The van der Waals surface area contributed by atoms with Crippen molar-refractivity contribution in [2.75, 3.05) is 5.32 Å². The number of nitrogens with one attached hydrogen (secondary N) is 2. The van der Waals surface area contributed by atoms with E-state index in [9.17, 15) is 0 Å². The largest absolute Gasteiger partial charge is 0.352 e. The van der Waals surface area contributed by atoms with Crippen LogP contribution in [-0.2, 0) is 0 Å². The van der Waals surface area contributed by atoms with Crippen molar-refractivity contribution in [1.82, 2.24) is 9.88 Å². The maximum absolute atomic E-state index is 3.94. The van der Waals surface area contributed by atoms with Crippen molar-refractivity contribution in [2.24, 2.45) is 0 Å². The van der Waals surface area contributed by atoms with Crippen LogP contribution in [0.2, 0.25) is 0 Å². The van der Waals surface area contributed by atoms with Crippen LogP contribution in [0.25, 0.3) is 32.9 Å². The van der Waals surface area contributed by atoms with E-state index in [1.54, 1.807) is 0 Å². The van der Waals surface area contributed by atoms with Crippen LogP contribution in [0.5, 0.6) is 0 Å². The Morgan fingerprint density at radius 3 is 1.94 bits per heavy atom. The number of fused-ring (bicyclic) bond motifs is 4. The summed E-state index contributed by atoms with van der Waals surface area (Å²) in [7, 11) is 0. The number of nitrogens with zero attached hydrogens (tertiary/aromatic N) is 1. The molecule has 7 rings (SSSR count). The summed E-state index contributed by atoms with van der Waals surface area (Å²) in [5.74, 6) is 0. The first-order valence-electron chi connectivity index (χ1n) is 12.1. The quantitative estimate of drug-likeness (QED) is 0.288. The smallest absolute Gasteiger partial charge is 0.160 e. The molecule has 1 aromatic heterocycles. The minimum absolute atomic E-state index is 0.0565. The zero-order chi connectivity index (χ0) is 23.2. The van der Waals surface area contributed by atoms with Crippen LogP contribution in [0, 0.1) is 0 Å². The molecular weight excluding hydrogens is 426 g/mol. The normalized spacial score (nSPS) is 17.3. The first-order valence-corrected chi connectivity index (χ1v) is 12.1. The van der Waals surface area contributed by atoms with Gasteiger partial charge < -0.3 is 9.88 Å². The van der Waals surface area contributed by atoms with E-state index in [1.165, 1.54) is 44.1 Å². The van der Waals surface area contributed by atoms with E-state index in [0.717, 1.165) is 5.69 Å². The highest BCUT2D eigenvalue weighted by Crippen LogP contribution is 2.39. The summed E-state index contributed by atoms with van der Waals surface area (Å²) in [4.78, 5) is 0. The zero-order valence-electron chi connectivity index (χ0n) is 19.2. The molecule has 0 saturated carbocycles. The van der Waals surface area contributed by atoms with Crippen LogP contribution in [0.3, 0.4) is 0 Å². The number of hydrogen-bond donors (Lipinski definition) is 2.